The normalized spacial score (nSPS) is 30.7. The molecule has 0 aromatic carbocycles. The van der Waals surface area contributed by atoms with E-state index in [1.165, 1.54) is 25.9 Å². The average molecular weight is 240 g/mol. The summed E-state index contributed by atoms with van der Waals surface area (Å²) >= 11 is 2.39. The van der Waals surface area contributed by atoms with E-state index in [2.05, 4.69) is 31.3 Å². The highest BCUT2D eigenvalue weighted by atomic mass is 127. The summed E-state index contributed by atoms with van der Waals surface area (Å²) in [5, 5.41) is 3.29. The minimum atomic E-state index is 0.732. The first-order valence-corrected chi connectivity index (χ1v) is 4.37. The molecule has 1 atom stereocenters. The SMILES string of the molecule is CNC1CCCN(I)C1. The molecule has 2 nitrogen and oxygen atoms in total. The quantitative estimate of drug-likeness (QED) is 0.543. The molecule has 0 radical (unpaired) electrons. The summed E-state index contributed by atoms with van der Waals surface area (Å²) in [6.07, 6.45) is 2.68. The zero-order valence-corrected chi connectivity index (χ0v) is 7.89. The molecule has 1 saturated heterocycles. The summed E-state index contributed by atoms with van der Waals surface area (Å²) in [5.74, 6) is 0. The van der Waals surface area contributed by atoms with Crippen LogP contribution in [0.15, 0.2) is 0 Å². The van der Waals surface area contributed by atoms with Crippen molar-refractivity contribution in [1.82, 2.24) is 8.43 Å². The third kappa shape index (κ3) is 2.39. The monoisotopic (exact) mass is 240 g/mol. The maximum Gasteiger partial charge on any atom is 0.0235 e. The van der Waals surface area contributed by atoms with Crippen LogP contribution in [0.1, 0.15) is 12.8 Å². The van der Waals surface area contributed by atoms with Crippen molar-refractivity contribution in [2.45, 2.75) is 18.9 Å². The number of rotatable bonds is 1. The first-order chi connectivity index (χ1) is 4.33. The van der Waals surface area contributed by atoms with Crippen LogP contribution in [-0.4, -0.2) is 29.3 Å². The Balaban J connectivity index is 2.23. The Hall–Kier alpha value is 0.650. The van der Waals surface area contributed by atoms with Crippen LogP contribution in [0.5, 0.6) is 0 Å². The molecule has 1 fully saturated rings. The number of nitrogens with one attached hydrogen (secondary N) is 1. The van der Waals surface area contributed by atoms with Gasteiger partial charge in [0.05, 0.1) is 0 Å². The first-order valence-electron chi connectivity index (χ1n) is 3.41. The highest BCUT2D eigenvalue weighted by Crippen LogP contribution is 2.12. The van der Waals surface area contributed by atoms with Crippen LogP contribution in [-0.2, 0) is 0 Å². The number of likely N-dealkylation sites (N-methyl/N-ethyl adjacent to an activating group) is 1. The van der Waals surface area contributed by atoms with Gasteiger partial charge < -0.3 is 5.32 Å². The van der Waals surface area contributed by atoms with E-state index in [4.69, 9.17) is 0 Å². The second-order valence-electron chi connectivity index (χ2n) is 2.50. The van der Waals surface area contributed by atoms with Gasteiger partial charge in [-0.05, 0) is 19.9 Å². The fraction of sp³-hybridized carbons (Fsp3) is 1.00. The molecule has 1 heterocycles. The predicted octanol–water partition coefficient (Wildman–Crippen LogP) is 1.02. The summed E-state index contributed by atoms with van der Waals surface area (Å²) < 4.78 is 2.35. The molecule has 3 heteroatoms. The number of halogens is 1. The zero-order valence-electron chi connectivity index (χ0n) is 5.73. The second-order valence-corrected chi connectivity index (χ2v) is 3.86. The Morgan fingerprint density at radius 1 is 1.67 bits per heavy atom. The molecule has 9 heavy (non-hydrogen) atoms. The van der Waals surface area contributed by atoms with Gasteiger partial charge >= 0.3 is 0 Å². The van der Waals surface area contributed by atoms with Crippen molar-refractivity contribution >= 4 is 22.9 Å². The smallest absolute Gasteiger partial charge is 0.0235 e. The number of piperidine rings is 1. The van der Waals surface area contributed by atoms with Crippen LogP contribution < -0.4 is 5.32 Å². The number of hydrogen-bond donors (Lipinski definition) is 1. The van der Waals surface area contributed by atoms with Crippen molar-refractivity contribution in [3.8, 4) is 0 Å². The maximum absolute atomic E-state index is 3.29. The van der Waals surface area contributed by atoms with Crippen LogP contribution in [0.4, 0.5) is 0 Å². The van der Waals surface area contributed by atoms with E-state index in [0.29, 0.717) is 0 Å². The molecular weight excluding hydrogens is 227 g/mol. The minimum absolute atomic E-state index is 0.732. The zero-order chi connectivity index (χ0) is 6.69. The van der Waals surface area contributed by atoms with Crippen molar-refractivity contribution in [2.75, 3.05) is 20.1 Å². The molecular formula is C6H13IN2. The Bertz CT molecular complexity index is 87.1. The van der Waals surface area contributed by atoms with Gasteiger partial charge in [-0.3, -0.25) is 0 Å². The van der Waals surface area contributed by atoms with E-state index in [9.17, 15) is 0 Å². The molecule has 0 amide bonds. The van der Waals surface area contributed by atoms with Crippen molar-refractivity contribution in [2.24, 2.45) is 0 Å². The van der Waals surface area contributed by atoms with E-state index in [-0.39, 0.29) is 0 Å². The average Bonchev–Trinajstić information content (AvgIpc) is 1.88. The summed E-state index contributed by atoms with van der Waals surface area (Å²) in [5.41, 5.74) is 0. The fourth-order valence-electron chi connectivity index (χ4n) is 1.17. The van der Waals surface area contributed by atoms with Gasteiger partial charge in [-0.15, -0.1) is 0 Å². The van der Waals surface area contributed by atoms with Crippen molar-refractivity contribution in [3.63, 3.8) is 0 Å². The molecule has 1 rings (SSSR count). The van der Waals surface area contributed by atoms with Gasteiger partial charge in [0.2, 0.25) is 0 Å². The van der Waals surface area contributed by atoms with E-state index in [0.717, 1.165) is 6.04 Å². The Morgan fingerprint density at radius 2 is 2.44 bits per heavy atom. The van der Waals surface area contributed by atoms with E-state index < -0.39 is 0 Å². The molecule has 1 N–H and O–H groups in total. The van der Waals surface area contributed by atoms with Crippen molar-refractivity contribution < 1.29 is 0 Å². The van der Waals surface area contributed by atoms with Gasteiger partial charge in [-0.2, -0.15) is 0 Å². The molecule has 0 bridgehead atoms. The molecule has 54 valence electrons. The molecule has 1 aliphatic heterocycles. The third-order valence-corrected chi connectivity index (χ3v) is 2.66. The van der Waals surface area contributed by atoms with Crippen LogP contribution in [0.25, 0.3) is 0 Å². The van der Waals surface area contributed by atoms with Gasteiger partial charge in [-0.25, -0.2) is 3.11 Å². The van der Waals surface area contributed by atoms with Gasteiger partial charge in [0, 0.05) is 42.0 Å². The summed E-state index contributed by atoms with van der Waals surface area (Å²) in [6.45, 7) is 2.47. The Labute approximate surface area is 70.5 Å². The molecule has 0 spiro atoms. The van der Waals surface area contributed by atoms with E-state index in [1.807, 2.05) is 7.05 Å². The molecule has 0 saturated carbocycles. The summed E-state index contributed by atoms with van der Waals surface area (Å²) in [4.78, 5) is 0. The van der Waals surface area contributed by atoms with Crippen LogP contribution in [0.3, 0.4) is 0 Å². The molecule has 1 unspecified atom stereocenters. The maximum atomic E-state index is 3.29. The predicted molar refractivity (Wildman–Crippen MR) is 47.7 cm³/mol. The minimum Gasteiger partial charge on any atom is -0.316 e. The highest BCUT2D eigenvalue weighted by molar-refractivity contribution is 14.1. The lowest BCUT2D eigenvalue weighted by atomic mass is 10.1. The standard InChI is InChI=1S/C6H13IN2/c1-8-6-3-2-4-9(7)5-6/h6,8H,2-5H2,1H3. The third-order valence-electron chi connectivity index (χ3n) is 1.78. The van der Waals surface area contributed by atoms with Crippen LogP contribution >= 0.6 is 22.9 Å². The molecule has 0 aromatic rings. The number of nitrogens with zero attached hydrogens (tertiary/aromatic N) is 1. The largest absolute Gasteiger partial charge is 0.316 e. The first kappa shape index (κ1) is 7.75. The van der Waals surface area contributed by atoms with Crippen LogP contribution in [0.2, 0.25) is 0 Å². The van der Waals surface area contributed by atoms with Gasteiger partial charge in [-0.1, -0.05) is 0 Å². The van der Waals surface area contributed by atoms with E-state index >= 15 is 0 Å². The van der Waals surface area contributed by atoms with Gasteiger partial charge in [0.15, 0.2) is 0 Å². The van der Waals surface area contributed by atoms with Crippen molar-refractivity contribution in [1.29, 1.82) is 0 Å². The lowest BCUT2D eigenvalue weighted by Crippen LogP contribution is -2.39. The van der Waals surface area contributed by atoms with E-state index in [1.54, 1.807) is 0 Å². The summed E-state index contributed by atoms with van der Waals surface area (Å²) in [6, 6.07) is 0.732. The van der Waals surface area contributed by atoms with Gasteiger partial charge in [0.25, 0.3) is 0 Å². The Kier molecular flexibility index (Phi) is 3.21. The lowest BCUT2D eigenvalue weighted by molar-refractivity contribution is 0.334. The fourth-order valence-corrected chi connectivity index (χ4v) is 1.98. The molecule has 0 aliphatic carbocycles. The topological polar surface area (TPSA) is 15.3 Å². The van der Waals surface area contributed by atoms with Crippen LogP contribution in [0, 0.1) is 0 Å². The highest BCUT2D eigenvalue weighted by Gasteiger charge is 2.15. The number of hydrogen-bond acceptors (Lipinski definition) is 2. The second kappa shape index (κ2) is 3.73. The van der Waals surface area contributed by atoms with Crippen molar-refractivity contribution in [3.05, 3.63) is 0 Å². The van der Waals surface area contributed by atoms with Gasteiger partial charge in [0.1, 0.15) is 0 Å². The molecule has 1 aliphatic rings. The summed E-state index contributed by atoms with van der Waals surface area (Å²) in [7, 11) is 2.04. The molecule has 0 aromatic heterocycles. The Morgan fingerprint density at radius 3 is 2.89 bits per heavy atom. The lowest BCUT2D eigenvalue weighted by Gasteiger charge is -2.27.